The molecule has 1 aliphatic heterocycles. The smallest absolute Gasteiger partial charge is 0.355 e. The van der Waals surface area contributed by atoms with Crippen molar-refractivity contribution in [3.8, 4) is 0 Å². The molecular weight excluding hydrogens is 474 g/mol. The molecule has 9 heteroatoms. The number of esters is 1. The number of carbonyl (C=O) groups is 5. The van der Waals surface area contributed by atoms with Crippen molar-refractivity contribution in [3.63, 3.8) is 0 Å². The number of ketones is 2. The van der Waals surface area contributed by atoms with Gasteiger partial charge < -0.3 is 10.1 Å². The molecule has 1 aliphatic carbocycles. The Morgan fingerprint density at radius 2 is 1.46 bits per heavy atom. The topological polar surface area (TPSA) is 122 Å². The Balaban J connectivity index is 1.28. The number of nitrogens with zero attached hydrogens (tertiary/aromatic N) is 2. The summed E-state index contributed by atoms with van der Waals surface area (Å²) >= 11 is 0. The molecule has 37 heavy (non-hydrogen) atoms. The normalized spacial score (nSPS) is 15.3. The first-order valence-electron chi connectivity index (χ1n) is 11.6. The average molecular weight is 495 g/mol. The minimum Gasteiger partial charge on any atom is -0.448 e. The van der Waals surface area contributed by atoms with E-state index in [9.17, 15) is 24.0 Å². The molecule has 3 aromatic rings. The summed E-state index contributed by atoms with van der Waals surface area (Å²) < 4.78 is 5.30. The fourth-order valence-electron chi connectivity index (χ4n) is 4.17. The van der Waals surface area contributed by atoms with Crippen LogP contribution in [0.5, 0.6) is 0 Å². The number of ether oxygens (including phenoxy) is 1. The second-order valence-corrected chi connectivity index (χ2v) is 8.59. The van der Waals surface area contributed by atoms with Crippen molar-refractivity contribution in [2.45, 2.75) is 25.9 Å². The van der Waals surface area contributed by atoms with Crippen LogP contribution in [-0.4, -0.2) is 41.2 Å². The summed E-state index contributed by atoms with van der Waals surface area (Å²) in [6.07, 6.45) is -1.02. The number of rotatable bonds is 5. The Morgan fingerprint density at radius 1 is 0.838 bits per heavy atom. The van der Waals surface area contributed by atoms with Gasteiger partial charge in [-0.2, -0.15) is 5.10 Å². The molecule has 2 aliphatic rings. The van der Waals surface area contributed by atoms with Gasteiger partial charge >= 0.3 is 5.97 Å². The largest absolute Gasteiger partial charge is 0.448 e. The minimum absolute atomic E-state index is 0.0275. The van der Waals surface area contributed by atoms with Gasteiger partial charge in [-0.3, -0.25) is 19.2 Å². The van der Waals surface area contributed by atoms with Gasteiger partial charge in [0, 0.05) is 40.8 Å². The quantitative estimate of drug-likeness (QED) is 0.423. The fraction of sp³-hybridized carbons (Fsp3) is 0.143. The highest BCUT2D eigenvalue weighted by Crippen LogP contribution is 2.29. The van der Waals surface area contributed by atoms with Gasteiger partial charge in [0.1, 0.15) is 5.71 Å². The third-order valence-electron chi connectivity index (χ3n) is 6.11. The molecule has 2 amide bonds. The maximum absolute atomic E-state index is 12.9. The molecule has 1 unspecified atom stereocenters. The lowest BCUT2D eigenvalue weighted by atomic mass is 9.84. The molecular formula is C28H21N3O6. The Morgan fingerprint density at radius 3 is 2.16 bits per heavy atom. The zero-order valence-corrected chi connectivity index (χ0v) is 19.8. The highest BCUT2D eigenvalue weighted by Gasteiger charge is 2.31. The second kappa shape index (κ2) is 9.62. The molecule has 0 spiro atoms. The monoisotopic (exact) mass is 495 g/mol. The number of carbonyl (C=O) groups excluding carboxylic acids is 5. The zero-order valence-electron chi connectivity index (χ0n) is 19.8. The molecule has 0 aromatic heterocycles. The first kappa shape index (κ1) is 23.8. The fourth-order valence-corrected chi connectivity index (χ4v) is 4.17. The van der Waals surface area contributed by atoms with E-state index in [1.54, 1.807) is 54.6 Å². The highest BCUT2D eigenvalue weighted by atomic mass is 16.5. The maximum Gasteiger partial charge on any atom is 0.355 e. The highest BCUT2D eigenvalue weighted by molar-refractivity contribution is 6.38. The summed E-state index contributed by atoms with van der Waals surface area (Å²) in [6.45, 7) is 1.40. The van der Waals surface area contributed by atoms with Crippen LogP contribution < -0.4 is 10.3 Å². The van der Waals surface area contributed by atoms with Crippen molar-refractivity contribution >= 4 is 46.4 Å². The summed E-state index contributed by atoms with van der Waals surface area (Å²) in [5.74, 6) is -2.26. The molecule has 9 nitrogen and oxygen atoms in total. The van der Waals surface area contributed by atoms with E-state index < -0.39 is 18.0 Å². The van der Waals surface area contributed by atoms with E-state index in [0.29, 0.717) is 16.8 Å². The SMILES string of the molecule is CC(OC(=O)C1=NN(c2ccccc2)C(=O)CC1)C(=O)Nc1ccc2c(c1)C(=O)c1ccccc1C2=O. The number of fused-ring (bicyclic) bond motifs is 2. The van der Waals surface area contributed by atoms with E-state index in [0.717, 1.165) is 5.01 Å². The van der Waals surface area contributed by atoms with E-state index in [1.807, 2.05) is 0 Å². The second-order valence-electron chi connectivity index (χ2n) is 8.59. The third-order valence-corrected chi connectivity index (χ3v) is 6.11. The number of benzene rings is 3. The van der Waals surface area contributed by atoms with Gasteiger partial charge in [-0.1, -0.05) is 42.5 Å². The van der Waals surface area contributed by atoms with E-state index in [2.05, 4.69) is 10.4 Å². The van der Waals surface area contributed by atoms with Crippen LogP contribution in [-0.2, 0) is 19.1 Å². The van der Waals surface area contributed by atoms with Crippen LogP contribution in [0, 0.1) is 0 Å². The van der Waals surface area contributed by atoms with Crippen molar-refractivity contribution in [1.29, 1.82) is 0 Å². The standard InChI is InChI=1S/C28H21N3O6/c1-16(37-28(36)23-13-14-24(32)31(30-23)18-7-3-2-4-8-18)27(35)29-17-11-12-21-22(15-17)26(34)20-10-6-5-9-19(20)25(21)33/h2-12,15-16H,13-14H2,1H3,(H,29,35). The van der Waals surface area contributed by atoms with Gasteiger partial charge in [0.25, 0.3) is 5.91 Å². The Labute approximate surface area is 211 Å². The molecule has 1 N–H and O–H groups in total. The van der Waals surface area contributed by atoms with Gasteiger partial charge in [0.15, 0.2) is 17.7 Å². The van der Waals surface area contributed by atoms with Crippen LogP contribution in [0.1, 0.15) is 51.6 Å². The number of hydrogen-bond donors (Lipinski definition) is 1. The molecule has 0 fully saturated rings. The van der Waals surface area contributed by atoms with E-state index in [1.165, 1.54) is 25.1 Å². The van der Waals surface area contributed by atoms with Crippen LogP contribution >= 0.6 is 0 Å². The van der Waals surface area contributed by atoms with E-state index in [4.69, 9.17) is 4.74 Å². The first-order chi connectivity index (χ1) is 17.8. The van der Waals surface area contributed by atoms with Gasteiger partial charge in [-0.25, -0.2) is 9.80 Å². The minimum atomic E-state index is -1.19. The van der Waals surface area contributed by atoms with Crippen molar-refractivity contribution in [1.82, 2.24) is 0 Å². The van der Waals surface area contributed by atoms with Crippen LogP contribution in [0.3, 0.4) is 0 Å². The summed E-state index contributed by atoms with van der Waals surface area (Å²) in [6, 6.07) is 19.7. The number of hydrogen-bond acceptors (Lipinski definition) is 7. The van der Waals surface area contributed by atoms with Crippen molar-refractivity contribution in [3.05, 3.63) is 95.1 Å². The number of nitrogens with one attached hydrogen (secondary N) is 1. The molecule has 0 radical (unpaired) electrons. The molecule has 0 bridgehead atoms. The lowest BCUT2D eigenvalue weighted by Gasteiger charge is -2.23. The summed E-state index contributed by atoms with van der Waals surface area (Å²) in [5, 5.41) is 7.90. The van der Waals surface area contributed by atoms with Crippen molar-refractivity contribution < 1.29 is 28.7 Å². The Kier molecular flexibility index (Phi) is 6.19. The zero-order chi connectivity index (χ0) is 26.1. The maximum atomic E-state index is 12.9. The van der Waals surface area contributed by atoms with E-state index in [-0.39, 0.29) is 52.8 Å². The Bertz CT molecular complexity index is 1490. The molecule has 0 saturated heterocycles. The van der Waals surface area contributed by atoms with Gasteiger partial charge in [0.05, 0.1) is 5.69 Å². The summed E-state index contributed by atoms with van der Waals surface area (Å²) in [4.78, 5) is 63.4. The van der Waals surface area contributed by atoms with Crippen LogP contribution in [0.15, 0.2) is 77.9 Å². The predicted molar refractivity (Wildman–Crippen MR) is 135 cm³/mol. The molecule has 5 rings (SSSR count). The number of amides is 2. The lowest BCUT2D eigenvalue weighted by molar-refractivity contribution is -0.146. The molecule has 1 heterocycles. The summed E-state index contributed by atoms with van der Waals surface area (Å²) in [5.41, 5.74) is 1.92. The number of hydrazone groups is 1. The molecule has 1 atom stereocenters. The van der Waals surface area contributed by atoms with Crippen LogP contribution in [0.2, 0.25) is 0 Å². The van der Waals surface area contributed by atoms with Gasteiger partial charge in [-0.05, 0) is 37.3 Å². The van der Waals surface area contributed by atoms with Gasteiger partial charge in [0.2, 0.25) is 5.91 Å². The van der Waals surface area contributed by atoms with Crippen LogP contribution in [0.25, 0.3) is 0 Å². The van der Waals surface area contributed by atoms with Crippen molar-refractivity contribution in [2.24, 2.45) is 5.10 Å². The number of para-hydroxylation sites is 1. The van der Waals surface area contributed by atoms with E-state index >= 15 is 0 Å². The average Bonchev–Trinajstić information content (AvgIpc) is 2.92. The lowest BCUT2D eigenvalue weighted by Crippen LogP contribution is -2.37. The Hall–Kier alpha value is -4.92. The van der Waals surface area contributed by atoms with Gasteiger partial charge in [-0.15, -0.1) is 0 Å². The molecule has 0 saturated carbocycles. The third kappa shape index (κ3) is 4.54. The first-order valence-corrected chi connectivity index (χ1v) is 11.6. The van der Waals surface area contributed by atoms with Crippen LogP contribution in [0.4, 0.5) is 11.4 Å². The summed E-state index contributed by atoms with van der Waals surface area (Å²) in [7, 11) is 0. The predicted octanol–water partition coefficient (Wildman–Crippen LogP) is 3.52. The number of anilines is 2. The molecule has 3 aromatic carbocycles. The van der Waals surface area contributed by atoms with Crippen molar-refractivity contribution in [2.75, 3.05) is 10.3 Å². The molecule has 184 valence electrons.